The second-order valence-electron chi connectivity index (χ2n) is 5.31. The van der Waals surface area contributed by atoms with Gasteiger partial charge in [0.2, 0.25) is 0 Å². The molecule has 3 N–H and O–H groups in total. The number of thiophene rings is 1. The van der Waals surface area contributed by atoms with E-state index in [2.05, 4.69) is 32.7 Å². The first-order chi connectivity index (χ1) is 10.3. The lowest BCUT2D eigenvalue weighted by molar-refractivity contribution is 0.143. The van der Waals surface area contributed by atoms with Gasteiger partial charge >= 0.3 is 0 Å². The number of likely N-dealkylation sites (tertiary alicyclic amines) is 1. The Kier molecular flexibility index (Phi) is 6.99. The monoisotopic (exact) mass is 310 g/mol. The van der Waals surface area contributed by atoms with Crippen LogP contribution in [-0.4, -0.2) is 56.8 Å². The van der Waals surface area contributed by atoms with Crippen LogP contribution in [-0.2, 0) is 11.2 Å². The number of ether oxygens (including phenoxy) is 1. The summed E-state index contributed by atoms with van der Waals surface area (Å²) in [5, 5.41) is 5.29. The molecule has 1 saturated heterocycles. The standard InChI is InChI=1S/C15H26N4OS/c1-20-10-9-19-8-2-4-13(19)12-18-15(16)17-7-6-14-5-3-11-21-14/h3,5,11,13H,2,4,6-10,12H2,1H3,(H3,16,17,18). The van der Waals surface area contributed by atoms with Crippen molar-refractivity contribution in [3.05, 3.63) is 22.4 Å². The van der Waals surface area contributed by atoms with Crippen LogP contribution in [0.2, 0.25) is 0 Å². The second kappa shape index (κ2) is 9.02. The molecular formula is C15H26N4OS. The van der Waals surface area contributed by atoms with E-state index in [0.717, 1.165) is 39.2 Å². The molecule has 0 aromatic carbocycles. The summed E-state index contributed by atoms with van der Waals surface area (Å²) in [5.74, 6) is 0.560. The molecule has 0 amide bonds. The Labute approximate surface area is 131 Å². The molecule has 1 unspecified atom stereocenters. The molecule has 0 aliphatic carbocycles. The summed E-state index contributed by atoms with van der Waals surface area (Å²) in [4.78, 5) is 8.31. The van der Waals surface area contributed by atoms with Crippen molar-refractivity contribution in [2.75, 3.05) is 39.9 Å². The predicted molar refractivity (Wildman–Crippen MR) is 89.0 cm³/mol. The molecular weight excluding hydrogens is 284 g/mol. The van der Waals surface area contributed by atoms with Gasteiger partial charge in [0.25, 0.3) is 0 Å². The first-order valence-electron chi connectivity index (χ1n) is 7.58. The topological polar surface area (TPSA) is 62.9 Å². The summed E-state index contributed by atoms with van der Waals surface area (Å²) < 4.78 is 5.15. The molecule has 1 atom stereocenters. The number of hydrogen-bond donors (Lipinski definition) is 2. The van der Waals surface area contributed by atoms with E-state index in [4.69, 9.17) is 10.5 Å². The van der Waals surface area contributed by atoms with Crippen molar-refractivity contribution in [2.45, 2.75) is 25.3 Å². The normalized spacial score (nSPS) is 20.0. The molecule has 1 aliphatic heterocycles. The molecule has 1 aliphatic rings. The zero-order chi connectivity index (χ0) is 14.9. The second-order valence-corrected chi connectivity index (χ2v) is 6.34. The zero-order valence-corrected chi connectivity index (χ0v) is 13.6. The Bertz CT molecular complexity index is 421. The van der Waals surface area contributed by atoms with Crippen molar-refractivity contribution in [2.24, 2.45) is 10.7 Å². The molecule has 0 radical (unpaired) electrons. The lowest BCUT2D eigenvalue weighted by Crippen LogP contribution is -2.37. The quantitative estimate of drug-likeness (QED) is 0.561. The van der Waals surface area contributed by atoms with Crippen molar-refractivity contribution in [1.82, 2.24) is 10.2 Å². The number of methoxy groups -OCH3 is 1. The molecule has 118 valence electrons. The molecule has 2 heterocycles. The predicted octanol–water partition coefficient (Wildman–Crippen LogP) is 1.31. The molecule has 0 bridgehead atoms. The van der Waals surface area contributed by atoms with Crippen LogP contribution in [0.5, 0.6) is 0 Å². The highest BCUT2D eigenvalue weighted by Gasteiger charge is 2.23. The van der Waals surface area contributed by atoms with Crippen LogP contribution in [0.3, 0.4) is 0 Å². The fraction of sp³-hybridized carbons (Fsp3) is 0.667. The number of nitrogens with one attached hydrogen (secondary N) is 1. The fourth-order valence-corrected chi connectivity index (χ4v) is 3.34. The Hall–Kier alpha value is -1.11. The third kappa shape index (κ3) is 5.65. The van der Waals surface area contributed by atoms with Gasteiger partial charge in [-0.2, -0.15) is 0 Å². The van der Waals surface area contributed by atoms with E-state index < -0.39 is 0 Å². The van der Waals surface area contributed by atoms with Crippen molar-refractivity contribution in [3.8, 4) is 0 Å². The minimum absolute atomic E-state index is 0.512. The van der Waals surface area contributed by atoms with E-state index in [9.17, 15) is 0 Å². The molecule has 0 saturated carbocycles. The Morgan fingerprint density at radius 3 is 3.29 bits per heavy atom. The van der Waals surface area contributed by atoms with Crippen molar-refractivity contribution in [3.63, 3.8) is 0 Å². The van der Waals surface area contributed by atoms with Gasteiger partial charge in [-0.15, -0.1) is 11.3 Å². The molecule has 1 fully saturated rings. The lowest BCUT2D eigenvalue weighted by atomic mass is 10.2. The molecule has 0 spiro atoms. The highest BCUT2D eigenvalue weighted by Crippen LogP contribution is 2.16. The molecule has 1 aromatic rings. The van der Waals surface area contributed by atoms with Crippen LogP contribution in [0.4, 0.5) is 0 Å². The molecule has 1 aromatic heterocycles. The smallest absolute Gasteiger partial charge is 0.188 e. The first kappa shape index (κ1) is 16.3. The third-order valence-corrected chi connectivity index (χ3v) is 4.75. The summed E-state index contributed by atoms with van der Waals surface area (Å²) >= 11 is 1.78. The number of nitrogens with two attached hydrogens (primary N) is 1. The fourth-order valence-electron chi connectivity index (χ4n) is 2.63. The van der Waals surface area contributed by atoms with Crippen LogP contribution < -0.4 is 11.1 Å². The highest BCUT2D eigenvalue weighted by molar-refractivity contribution is 7.09. The summed E-state index contributed by atoms with van der Waals surface area (Å²) in [5.41, 5.74) is 5.94. The summed E-state index contributed by atoms with van der Waals surface area (Å²) in [6, 6.07) is 4.73. The van der Waals surface area contributed by atoms with Crippen molar-refractivity contribution >= 4 is 17.3 Å². The maximum Gasteiger partial charge on any atom is 0.188 e. The summed E-state index contributed by atoms with van der Waals surface area (Å²) in [6.07, 6.45) is 3.45. The van der Waals surface area contributed by atoms with Crippen molar-refractivity contribution in [1.29, 1.82) is 0 Å². The van der Waals surface area contributed by atoms with E-state index in [1.807, 2.05) is 0 Å². The summed E-state index contributed by atoms with van der Waals surface area (Å²) in [6.45, 7) is 4.54. The van der Waals surface area contributed by atoms with Gasteiger partial charge in [-0.3, -0.25) is 9.89 Å². The Balaban J connectivity index is 1.67. The van der Waals surface area contributed by atoms with E-state index in [0.29, 0.717) is 12.0 Å². The van der Waals surface area contributed by atoms with Crippen molar-refractivity contribution < 1.29 is 4.74 Å². The van der Waals surface area contributed by atoms with Gasteiger partial charge in [0.05, 0.1) is 13.2 Å². The SMILES string of the molecule is COCCN1CCCC1CN=C(N)NCCc1cccs1. The Morgan fingerprint density at radius 2 is 2.52 bits per heavy atom. The number of rotatable bonds is 8. The molecule has 6 heteroatoms. The maximum atomic E-state index is 5.94. The van der Waals surface area contributed by atoms with E-state index in [1.54, 1.807) is 18.4 Å². The van der Waals surface area contributed by atoms with E-state index in [-0.39, 0.29) is 0 Å². The average Bonchev–Trinajstić information content (AvgIpc) is 3.14. The van der Waals surface area contributed by atoms with Gasteiger partial charge in [-0.05, 0) is 37.3 Å². The number of aliphatic imine (C=N–C) groups is 1. The molecule has 2 rings (SSSR count). The van der Waals surface area contributed by atoms with Crippen LogP contribution >= 0.6 is 11.3 Å². The largest absolute Gasteiger partial charge is 0.383 e. The van der Waals surface area contributed by atoms with Gasteiger partial charge in [-0.25, -0.2) is 0 Å². The van der Waals surface area contributed by atoms with Gasteiger partial charge in [0.15, 0.2) is 5.96 Å². The summed E-state index contributed by atoms with van der Waals surface area (Å²) in [7, 11) is 1.75. The average molecular weight is 310 g/mol. The lowest BCUT2D eigenvalue weighted by Gasteiger charge is -2.22. The van der Waals surface area contributed by atoms with Gasteiger partial charge in [0.1, 0.15) is 0 Å². The van der Waals surface area contributed by atoms with Crippen LogP contribution in [0, 0.1) is 0 Å². The first-order valence-corrected chi connectivity index (χ1v) is 8.46. The highest BCUT2D eigenvalue weighted by atomic mass is 32.1. The van der Waals surface area contributed by atoms with Crippen LogP contribution in [0.25, 0.3) is 0 Å². The third-order valence-electron chi connectivity index (χ3n) is 3.81. The van der Waals surface area contributed by atoms with Gasteiger partial charge < -0.3 is 15.8 Å². The van der Waals surface area contributed by atoms with E-state index >= 15 is 0 Å². The maximum absolute atomic E-state index is 5.94. The molecule has 5 nitrogen and oxygen atoms in total. The van der Waals surface area contributed by atoms with Gasteiger partial charge in [0, 0.05) is 31.1 Å². The number of nitrogens with zero attached hydrogens (tertiary/aromatic N) is 2. The van der Waals surface area contributed by atoms with E-state index in [1.165, 1.54) is 17.7 Å². The number of guanidine groups is 1. The van der Waals surface area contributed by atoms with Crippen LogP contribution in [0.15, 0.2) is 22.5 Å². The van der Waals surface area contributed by atoms with Crippen LogP contribution in [0.1, 0.15) is 17.7 Å². The number of hydrogen-bond acceptors (Lipinski definition) is 4. The zero-order valence-electron chi connectivity index (χ0n) is 12.8. The minimum Gasteiger partial charge on any atom is -0.383 e. The van der Waals surface area contributed by atoms with Gasteiger partial charge in [-0.1, -0.05) is 6.07 Å². The minimum atomic E-state index is 0.512. The Morgan fingerprint density at radius 1 is 1.62 bits per heavy atom. The molecule has 21 heavy (non-hydrogen) atoms.